The monoisotopic (exact) mass is 374 g/mol. The number of aryl methyl sites for hydroxylation is 2. The molecule has 0 spiro atoms. The first-order chi connectivity index (χ1) is 11.0. The predicted molar refractivity (Wildman–Crippen MR) is 91.6 cm³/mol. The number of carbonyl (C=O) groups is 1. The van der Waals surface area contributed by atoms with Crippen LogP contribution in [0.2, 0.25) is 0 Å². The predicted octanol–water partition coefficient (Wildman–Crippen LogP) is 4.65. The van der Waals surface area contributed by atoms with Crippen molar-refractivity contribution in [2.45, 2.75) is 26.7 Å². The maximum atomic E-state index is 12.2. The molecule has 5 heteroatoms. The van der Waals surface area contributed by atoms with Crippen LogP contribution in [0, 0.1) is 6.92 Å². The van der Waals surface area contributed by atoms with Crippen molar-refractivity contribution >= 4 is 32.5 Å². The van der Waals surface area contributed by atoms with Crippen molar-refractivity contribution in [2.75, 3.05) is 0 Å². The highest BCUT2D eigenvalue weighted by Gasteiger charge is 2.18. The highest BCUT2D eigenvalue weighted by Crippen LogP contribution is 2.34. The lowest BCUT2D eigenvalue weighted by Crippen LogP contribution is -2.06. The van der Waals surface area contributed by atoms with E-state index in [4.69, 9.17) is 8.83 Å². The van der Waals surface area contributed by atoms with Gasteiger partial charge in [-0.1, -0.05) is 15.9 Å². The molecule has 1 aromatic carbocycles. The van der Waals surface area contributed by atoms with Crippen molar-refractivity contribution in [3.8, 4) is 11.3 Å². The van der Waals surface area contributed by atoms with E-state index >= 15 is 0 Å². The van der Waals surface area contributed by atoms with Gasteiger partial charge in [0.1, 0.15) is 23.1 Å². The third-order valence-electron chi connectivity index (χ3n) is 3.66. The minimum Gasteiger partial charge on any atom is -0.461 e. The first-order valence-electron chi connectivity index (χ1n) is 7.27. The number of benzene rings is 1. The SMILES string of the molecule is CC(=O)CCc1oc(=O)c2ccc(Br)cc2c1-c1ccc(C)o1. The van der Waals surface area contributed by atoms with Gasteiger partial charge in [0.2, 0.25) is 0 Å². The lowest BCUT2D eigenvalue weighted by atomic mass is 10.0. The summed E-state index contributed by atoms with van der Waals surface area (Å²) in [6, 6.07) is 9.10. The smallest absolute Gasteiger partial charge is 0.343 e. The van der Waals surface area contributed by atoms with Crippen molar-refractivity contribution < 1.29 is 13.6 Å². The Hall–Kier alpha value is -2.14. The van der Waals surface area contributed by atoms with E-state index in [1.54, 1.807) is 12.1 Å². The first-order valence-corrected chi connectivity index (χ1v) is 8.06. The highest BCUT2D eigenvalue weighted by molar-refractivity contribution is 9.10. The Kier molecular flexibility index (Phi) is 4.22. The minimum absolute atomic E-state index is 0.0450. The molecule has 0 saturated carbocycles. The maximum absolute atomic E-state index is 12.2. The fraction of sp³-hybridized carbons (Fsp3) is 0.222. The fourth-order valence-electron chi connectivity index (χ4n) is 2.57. The van der Waals surface area contributed by atoms with Crippen molar-refractivity contribution in [1.29, 1.82) is 0 Å². The molecule has 0 aliphatic carbocycles. The van der Waals surface area contributed by atoms with Gasteiger partial charge in [-0.25, -0.2) is 4.79 Å². The van der Waals surface area contributed by atoms with Crippen molar-refractivity contribution in [1.82, 2.24) is 0 Å². The minimum atomic E-state index is -0.405. The van der Waals surface area contributed by atoms with Crippen molar-refractivity contribution in [3.63, 3.8) is 0 Å². The second kappa shape index (κ2) is 6.16. The van der Waals surface area contributed by atoms with Gasteiger partial charge in [0, 0.05) is 22.7 Å². The molecule has 0 aliphatic rings. The molecule has 2 heterocycles. The van der Waals surface area contributed by atoms with Crippen LogP contribution in [-0.4, -0.2) is 5.78 Å². The molecule has 0 aliphatic heterocycles. The van der Waals surface area contributed by atoms with Crippen LogP contribution >= 0.6 is 15.9 Å². The van der Waals surface area contributed by atoms with Gasteiger partial charge in [-0.2, -0.15) is 0 Å². The maximum Gasteiger partial charge on any atom is 0.343 e. The molecular weight excluding hydrogens is 360 g/mol. The molecule has 3 rings (SSSR count). The zero-order valence-electron chi connectivity index (χ0n) is 12.8. The van der Waals surface area contributed by atoms with Gasteiger partial charge in [-0.15, -0.1) is 0 Å². The molecule has 0 bridgehead atoms. The number of hydrogen-bond acceptors (Lipinski definition) is 4. The van der Waals surface area contributed by atoms with Gasteiger partial charge in [0.25, 0.3) is 0 Å². The van der Waals surface area contributed by atoms with Crippen molar-refractivity contribution in [3.05, 3.63) is 56.7 Å². The number of ketones is 1. The molecule has 0 atom stereocenters. The lowest BCUT2D eigenvalue weighted by molar-refractivity contribution is -0.117. The summed E-state index contributed by atoms with van der Waals surface area (Å²) in [6.07, 6.45) is 0.678. The van der Waals surface area contributed by atoms with Crippen LogP contribution < -0.4 is 5.63 Å². The normalized spacial score (nSPS) is 11.1. The average molecular weight is 375 g/mol. The van der Waals surface area contributed by atoms with E-state index in [1.807, 2.05) is 25.1 Å². The molecule has 0 fully saturated rings. The van der Waals surface area contributed by atoms with E-state index in [0.717, 1.165) is 21.2 Å². The number of fused-ring (bicyclic) bond motifs is 1. The zero-order valence-corrected chi connectivity index (χ0v) is 14.4. The third-order valence-corrected chi connectivity index (χ3v) is 4.15. The number of furan rings is 1. The fourth-order valence-corrected chi connectivity index (χ4v) is 2.94. The van der Waals surface area contributed by atoms with Gasteiger partial charge < -0.3 is 13.6 Å². The topological polar surface area (TPSA) is 60.4 Å². The van der Waals surface area contributed by atoms with E-state index in [2.05, 4.69) is 15.9 Å². The van der Waals surface area contributed by atoms with E-state index < -0.39 is 5.63 Å². The summed E-state index contributed by atoms with van der Waals surface area (Å²) < 4.78 is 12.1. The van der Waals surface area contributed by atoms with Gasteiger partial charge in [0.05, 0.1) is 10.9 Å². The highest BCUT2D eigenvalue weighted by atomic mass is 79.9. The van der Waals surface area contributed by atoms with Crippen LogP contribution in [0.25, 0.3) is 22.1 Å². The molecular formula is C18H15BrO4. The first kappa shape index (κ1) is 15.7. The molecule has 0 radical (unpaired) electrons. The Morgan fingerprint density at radius 2 is 1.91 bits per heavy atom. The Balaban J connectivity index is 2.32. The molecule has 2 aromatic heterocycles. The second-order valence-corrected chi connectivity index (χ2v) is 6.41. The second-order valence-electron chi connectivity index (χ2n) is 5.49. The molecule has 23 heavy (non-hydrogen) atoms. The van der Waals surface area contributed by atoms with Crippen LogP contribution in [0.1, 0.15) is 24.9 Å². The summed E-state index contributed by atoms with van der Waals surface area (Å²) in [5.41, 5.74) is 0.327. The quantitative estimate of drug-likeness (QED) is 0.666. The van der Waals surface area contributed by atoms with Gasteiger partial charge in [-0.05, 0) is 44.2 Å². The van der Waals surface area contributed by atoms with E-state index in [9.17, 15) is 9.59 Å². The summed E-state index contributed by atoms with van der Waals surface area (Å²) in [6.45, 7) is 3.38. The number of halogens is 1. The number of carbonyl (C=O) groups excluding carboxylic acids is 1. The molecule has 118 valence electrons. The van der Waals surface area contributed by atoms with Crippen LogP contribution in [-0.2, 0) is 11.2 Å². The van der Waals surface area contributed by atoms with E-state index in [-0.39, 0.29) is 5.78 Å². The van der Waals surface area contributed by atoms with Crippen LogP contribution in [0.4, 0.5) is 0 Å². The third kappa shape index (κ3) is 3.15. The van der Waals surface area contributed by atoms with E-state index in [0.29, 0.717) is 29.7 Å². The Morgan fingerprint density at radius 3 is 2.57 bits per heavy atom. The van der Waals surface area contributed by atoms with Crippen molar-refractivity contribution in [2.24, 2.45) is 0 Å². The molecule has 0 N–H and O–H groups in total. The molecule has 0 saturated heterocycles. The molecule has 4 nitrogen and oxygen atoms in total. The summed E-state index contributed by atoms with van der Waals surface area (Å²) >= 11 is 3.44. The summed E-state index contributed by atoms with van der Waals surface area (Å²) in [4.78, 5) is 23.6. The van der Waals surface area contributed by atoms with Crippen LogP contribution in [0.15, 0.2) is 48.4 Å². The standard InChI is InChI=1S/C18H15BrO4/c1-10(20)3-7-16-17(15-8-4-11(2)22-15)14-9-12(19)5-6-13(14)18(21)23-16/h4-6,8-9H,3,7H2,1-2H3. The summed E-state index contributed by atoms with van der Waals surface area (Å²) in [5, 5.41) is 1.24. The Labute approximate surface area is 141 Å². The zero-order chi connectivity index (χ0) is 16.6. The number of rotatable bonds is 4. The number of Topliss-reactive ketones (excluding diaryl/α,β-unsaturated/α-hetero) is 1. The van der Waals surface area contributed by atoms with Crippen LogP contribution in [0.3, 0.4) is 0 Å². The largest absolute Gasteiger partial charge is 0.461 e. The summed E-state index contributed by atoms with van der Waals surface area (Å²) in [7, 11) is 0. The van der Waals surface area contributed by atoms with Gasteiger partial charge in [-0.3, -0.25) is 0 Å². The van der Waals surface area contributed by atoms with Gasteiger partial charge in [0.15, 0.2) is 0 Å². The van der Waals surface area contributed by atoms with Crippen LogP contribution in [0.5, 0.6) is 0 Å². The Morgan fingerprint density at radius 1 is 1.13 bits per heavy atom. The molecule has 3 aromatic rings. The molecule has 0 unspecified atom stereocenters. The molecule has 0 amide bonds. The average Bonchev–Trinajstić information content (AvgIpc) is 2.91. The van der Waals surface area contributed by atoms with E-state index in [1.165, 1.54) is 6.92 Å². The van der Waals surface area contributed by atoms with Gasteiger partial charge >= 0.3 is 5.63 Å². The Bertz CT molecular complexity index is 949. The summed E-state index contributed by atoms with van der Waals surface area (Å²) in [5.74, 6) is 1.92. The lowest BCUT2D eigenvalue weighted by Gasteiger charge is -2.09. The number of hydrogen-bond donors (Lipinski definition) is 0.